The van der Waals surface area contributed by atoms with Gasteiger partial charge in [-0.3, -0.25) is 4.79 Å². The largest absolute Gasteiger partial charge is 0.377 e. The lowest BCUT2D eigenvalue weighted by Gasteiger charge is -2.29. The van der Waals surface area contributed by atoms with Crippen LogP contribution in [0.25, 0.3) is 27.6 Å². The molecule has 3 aromatic rings. The quantitative estimate of drug-likeness (QED) is 0.486. The van der Waals surface area contributed by atoms with Crippen LogP contribution in [0.2, 0.25) is 0 Å². The number of amides is 1. The van der Waals surface area contributed by atoms with Gasteiger partial charge in [-0.2, -0.15) is 0 Å². The molecule has 1 amide bonds. The maximum atomic E-state index is 12.2. The molecular weight excluding hydrogens is 420 g/mol. The number of nitrogens with two attached hydrogens (primary N) is 1. The molecule has 32 heavy (non-hydrogen) atoms. The molecule has 0 saturated carbocycles. The first-order chi connectivity index (χ1) is 15.5. The average Bonchev–Trinajstić information content (AvgIpc) is 3.22. The van der Waals surface area contributed by atoms with Crippen LogP contribution >= 0.6 is 11.9 Å². The number of carbonyl (C=O) groups is 1. The summed E-state index contributed by atoms with van der Waals surface area (Å²) in [5.74, 6) is -0.418. The molecule has 0 radical (unpaired) electrons. The summed E-state index contributed by atoms with van der Waals surface area (Å²) in [6.07, 6.45) is 5.35. The Bertz CT molecular complexity index is 1210. The van der Waals surface area contributed by atoms with Gasteiger partial charge < -0.3 is 20.8 Å². The van der Waals surface area contributed by atoms with Crippen molar-refractivity contribution in [3.05, 3.63) is 59.3 Å². The fourth-order valence-electron chi connectivity index (χ4n) is 4.52. The van der Waals surface area contributed by atoms with Gasteiger partial charge >= 0.3 is 0 Å². The van der Waals surface area contributed by atoms with E-state index >= 15 is 0 Å². The van der Waals surface area contributed by atoms with Crippen LogP contribution in [0.15, 0.2) is 42.5 Å². The Labute approximate surface area is 192 Å². The Kier molecular flexibility index (Phi) is 5.71. The minimum atomic E-state index is -0.418. The van der Waals surface area contributed by atoms with E-state index in [9.17, 15) is 4.79 Å². The number of rotatable bonds is 6. The Morgan fingerprint density at radius 2 is 2.09 bits per heavy atom. The van der Waals surface area contributed by atoms with Crippen molar-refractivity contribution >= 4 is 40.0 Å². The van der Waals surface area contributed by atoms with Crippen molar-refractivity contribution in [3.8, 4) is 11.1 Å². The van der Waals surface area contributed by atoms with E-state index in [0.717, 1.165) is 66.1 Å². The molecule has 1 aromatic heterocycles. The molecule has 2 aliphatic rings. The van der Waals surface area contributed by atoms with E-state index in [1.165, 1.54) is 11.1 Å². The maximum absolute atomic E-state index is 12.2. The zero-order valence-corrected chi connectivity index (χ0v) is 19.2. The van der Waals surface area contributed by atoms with E-state index in [4.69, 9.17) is 10.5 Å². The van der Waals surface area contributed by atoms with Gasteiger partial charge in [0.1, 0.15) is 0 Å². The molecule has 0 aliphatic carbocycles. The highest BCUT2D eigenvalue weighted by atomic mass is 32.2. The van der Waals surface area contributed by atoms with Crippen LogP contribution in [0.1, 0.15) is 28.0 Å². The highest BCUT2D eigenvalue weighted by Gasteiger charge is 2.21. The zero-order chi connectivity index (χ0) is 22.2. The van der Waals surface area contributed by atoms with E-state index in [0.29, 0.717) is 11.6 Å². The second-order valence-corrected chi connectivity index (χ2v) is 9.28. The van der Waals surface area contributed by atoms with Crippen molar-refractivity contribution in [2.75, 3.05) is 37.9 Å². The van der Waals surface area contributed by atoms with Crippen LogP contribution in [-0.2, 0) is 4.74 Å². The first-order valence-electron chi connectivity index (χ1n) is 10.9. The van der Waals surface area contributed by atoms with Gasteiger partial charge in [0, 0.05) is 29.9 Å². The first kappa shape index (κ1) is 21.1. The molecule has 6 nitrogen and oxygen atoms in total. The second-order valence-electron chi connectivity index (χ2n) is 8.40. The number of aromatic nitrogens is 1. The van der Waals surface area contributed by atoms with Crippen LogP contribution < -0.4 is 11.1 Å². The van der Waals surface area contributed by atoms with Gasteiger partial charge in [-0.15, -0.1) is 0 Å². The van der Waals surface area contributed by atoms with Crippen molar-refractivity contribution in [1.82, 2.24) is 9.29 Å². The number of carbonyl (C=O) groups excluding carboxylic acids is 1. The summed E-state index contributed by atoms with van der Waals surface area (Å²) in [5.41, 5.74) is 13.9. The van der Waals surface area contributed by atoms with Gasteiger partial charge in [-0.25, -0.2) is 4.31 Å². The lowest BCUT2D eigenvalue weighted by Crippen LogP contribution is -2.40. The predicted octanol–water partition coefficient (Wildman–Crippen LogP) is 4.42. The Morgan fingerprint density at radius 1 is 1.25 bits per heavy atom. The minimum absolute atomic E-state index is 0.360. The Morgan fingerprint density at radius 3 is 2.75 bits per heavy atom. The number of fused-ring (bicyclic) bond motifs is 1. The molecule has 5 rings (SSSR count). The Balaban J connectivity index is 1.61. The van der Waals surface area contributed by atoms with E-state index in [-0.39, 0.29) is 0 Å². The molecule has 3 heterocycles. The highest BCUT2D eigenvalue weighted by Crippen LogP contribution is 2.37. The molecule has 7 heteroatoms. The van der Waals surface area contributed by atoms with Gasteiger partial charge in [0.15, 0.2) is 0 Å². The lowest BCUT2D eigenvalue weighted by molar-refractivity contribution is 0.0211. The number of anilines is 1. The van der Waals surface area contributed by atoms with E-state index < -0.39 is 5.91 Å². The normalized spacial score (nSPS) is 17.2. The standard InChI is InChI=1S/C25H28N4O2S/c1-15-18(4-3-5-22(15)27-17-13-31-14-17)19-6-7-20(25(26)30)24-21(19)12-23(28-24)16-8-10-29(32-2)11-9-16/h3-8,12,17,27-28H,9-11,13-14H2,1-2H3,(H2,26,30). The van der Waals surface area contributed by atoms with Crippen molar-refractivity contribution in [2.45, 2.75) is 19.4 Å². The van der Waals surface area contributed by atoms with Crippen molar-refractivity contribution in [2.24, 2.45) is 5.73 Å². The molecule has 1 saturated heterocycles. The van der Waals surface area contributed by atoms with Gasteiger partial charge in [0.25, 0.3) is 5.91 Å². The molecule has 2 aliphatic heterocycles. The van der Waals surface area contributed by atoms with Crippen LogP contribution in [0.4, 0.5) is 5.69 Å². The van der Waals surface area contributed by atoms with Gasteiger partial charge in [-0.05, 0) is 60.1 Å². The smallest absolute Gasteiger partial charge is 0.250 e. The third-order valence-corrected chi connectivity index (χ3v) is 7.31. The predicted molar refractivity (Wildman–Crippen MR) is 133 cm³/mol. The number of H-pyrrole nitrogens is 1. The summed E-state index contributed by atoms with van der Waals surface area (Å²) >= 11 is 1.77. The van der Waals surface area contributed by atoms with E-state index in [2.05, 4.69) is 58.1 Å². The number of aromatic amines is 1. The number of benzene rings is 2. The molecule has 1 fully saturated rings. The minimum Gasteiger partial charge on any atom is -0.377 e. The first-order valence-corrected chi connectivity index (χ1v) is 12.1. The summed E-state index contributed by atoms with van der Waals surface area (Å²) in [4.78, 5) is 15.7. The number of ether oxygens (including phenoxy) is 1. The topological polar surface area (TPSA) is 83.4 Å². The number of primary amides is 1. The van der Waals surface area contributed by atoms with Gasteiger partial charge in [0.05, 0.1) is 30.3 Å². The average molecular weight is 449 g/mol. The summed E-state index contributed by atoms with van der Waals surface area (Å²) in [5, 5.41) is 4.60. The second kappa shape index (κ2) is 8.65. The third kappa shape index (κ3) is 3.81. The van der Waals surface area contributed by atoms with Crippen molar-refractivity contribution in [1.29, 1.82) is 0 Å². The van der Waals surface area contributed by atoms with Crippen LogP contribution in [0.5, 0.6) is 0 Å². The number of hydrogen-bond acceptors (Lipinski definition) is 5. The lowest BCUT2D eigenvalue weighted by atomic mass is 9.94. The zero-order valence-electron chi connectivity index (χ0n) is 18.4. The molecule has 4 N–H and O–H groups in total. The van der Waals surface area contributed by atoms with E-state index in [1.54, 1.807) is 11.9 Å². The molecule has 2 aromatic carbocycles. The van der Waals surface area contributed by atoms with Crippen LogP contribution in [0, 0.1) is 6.92 Å². The fraction of sp³-hybridized carbons (Fsp3) is 0.320. The van der Waals surface area contributed by atoms with Crippen LogP contribution in [0.3, 0.4) is 0 Å². The number of hydrogen-bond donors (Lipinski definition) is 3. The third-order valence-electron chi connectivity index (χ3n) is 6.46. The number of nitrogens with zero attached hydrogens (tertiary/aromatic N) is 1. The van der Waals surface area contributed by atoms with Gasteiger partial charge in [-0.1, -0.05) is 36.2 Å². The molecular formula is C25H28N4O2S. The fourth-order valence-corrected chi connectivity index (χ4v) is 5.01. The summed E-state index contributed by atoms with van der Waals surface area (Å²) in [6, 6.07) is 12.7. The van der Waals surface area contributed by atoms with Gasteiger partial charge in [0.2, 0.25) is 0 Å². The highest BCUT2D eigenvalue weighted by molar-refractivity contribution is 7.96. The molecule has 0 spiro atoms. The molecule has 166 valence electrons. The summed E-state index contributed by atoms with van der Waals surface area (Å²) in [7, 11) is 0. The summed E-state index contributed by atoms with van der Waals surface area (Å²) < 4.78 is 7.64. The molecule has 0 atom stereocenters. The maximum Gasteiger partial charge on any atom is 0.250 e. The van der Waals surface area contributed by atoms with Crippen molar-refractivity contribution in [3.63, 3.8) is 0 Å². The number of nitrogens with one attached hydrogen (secondary N) is 2. The molecule has 0 bridgehead atoms. The molecule has 0 unspecified atom stereocenters. The van der Waals surface area contributed by atoms with Crippen LogP contribution in [-0.4, -0.2) is 53.8 Å². The van der Waals surface area contributed by atoms with Crippen molar-refractivity contribution < 1.29 is 9.53 Å². The summed E-state index contributed by atoms with van der Waals surface area (Å²) in [6.45, 7) is 5.55. The monoisotopic (exact) mass is 448 g/mol. The SMILES string of the molecule is CSN1CC=C(c2cc3c(-c4cccc(NC5COC5)c4C)ccc(C(N)=O)c3[nH]2)CC1. The van der Waals surface area contributed by atoms with E-state index in [1.807, 2.05) is 12.1 Å². The Hall–Kier alpha value is -2.74.